The number of nitrogen functional groups attached to an aromatic ring is 1. The number of carbonyl (C=O) groups excluding carboxylic acids is 1. The van der Waals surface area contributed by atoms with Crippen LogP contribution >= 0.6 is 0 Å². The van der Waals surface area contributed by atoms with Gasteiger partial charge in [-0.1, -0.05) is 0 Å². The summed E-state index contributed by atoms with van der Waals surface area (Å²) in [4.78, 5) is 14.1. The van der Waals surface area contributed by atoms with Crippen LogP contribution in [-0.4, -0.2) is 43.7 Å². The number of nitrogens with one attached hydrogen (secondary N) is 1. The normalized spacial score (nSPS) is 14.1. The van der Waals surface area contributed by atoms with E-state index in [-0.39, 0.29) is 23.7 Å². The fraction of sp³-hybridized carbons (Fsp3) is 0.500. The minimum atomic E-state index is -0.431. The van der Waals surface area contributed by atoms with Crippen molar-refractivity contribution in [2.24, 2.45) is 0 Å². The zero-order valence-electron chi connectivity index (χ0n) is 12.3. The van der Waals surface area contributed by atoms with Crippen molar-refractivity contribution in [1.29, 1.82) is 0 Å². The van der Waals surface area contributed by atoms with Crippen molar-refractivity contribution >= 4 is 17.3 Å². The number of carbonyl (C=O) groups is 1. The molecule has 1 aromatic carbocycles. The van der Waals surface area contributed by atoms with Crippen LogP contribution < -0.4 is 11.1 Å². The van der Waals surface area contributed by atoms with Crippen molar-refractivity contribution in [3.8, 4) is 0 Å². The van der Waals surface area contributed by atoms with E-state index in [0.717, 1.165) is 0 Å². The van der Waals surface area contributed by atoms with Crippen molar-refractivity contribution in [3.05, 3.63) is 24.0 Å². The van der Waals surface area contributed by atoms with Crippen LogP contribution in [0, 0.1) is 5.82 Å². The van der Waals surface area contributed by atoms with Crippen LogP contribution in [-0.2, 0) is 9.53 Å². The average molecular weight is 283 g/mol. The Bertz CT molecular complexity index is 468. The quantitative estimate of drug-likeness (QED) is 0.780. The van der Waals surface area contributed by atoms with Gasteiger partial charge in [0.2, 0.25) is 5.91 Å². The number of amides is 1. The molecular weight excluding hydrogens is 261 g/mol. The third kappa shape index (κ3) is 4.18. The molecule has 112 valence electrons. The second-order valence-corrected chi connectivity index (χ2v) is 4.87. The lowest BCUT2D eigenvalue weighted by Crippen LogP contribution is -2.45. The van der Waals surface area contributed by atoms with Crippen molar-refractivity contribution < 1.29 is 13.9 Å². The Labute approximate surface area is 118 Å². The predicted molar refractivity (Wildman–Crippen MR) is 78.0 cm³/mol. The summed E-state index contributed by atoms with van der Waals surface area (Å²) in [7, 11) is 3.47. The minimum absolute atomic E-state index is 0.103. The number of hydrogen-bond donors (Lipinski definition) is 2. The first-order valence-corrected chi connectivity index (χ1v) is 6.43. The highest BCUT2D eigenvalue weighted by Crippen LogP contribution is 2.19. The Morgan fingerprint density at radius 3 is 2.70 bits per heavy atom. The first-order chi connectivity index (χ1) is 9.36. The first-order valence-electron chi connectivity index (χ1n) is 6.43. The number of ether oxygens (including phenoxy) is 1. The van der Waals surface area contributed by atoms with Gasteiger partial charge in [-0.3, -0.25) is 9.69 Å². The fourth-order valence-electron chi connectivity index (χ4n) is 1.81. The summed E-state index contributed by atoms with van der Waals surface area (Å²) in [6.45, 7) is 4.30. The second kappa shape index (κ2) is 7.21. The van der Waals surface area contributed by atoms with Crippen molar-refractivity contribution in [1.82, 2.24) is 4.90 Å². The van der Waals surface area contributed by atoms with E-state index in [9.17, 15) is 9.18 Å². The van der Waals surface area contributed by atoms with E-state index in [0.29, 0.717) is 12.3 Å². The van der Waals surface area contributed by atoms with Gasteiger partial charge in [0.1, 0.15) is 5.82 Å². The van der Waals surface area contributed by atoms with Crippen molar-refractivity contribution in [2.75, 3.05) is 31.8 Å². The number of benzene rings is 1. The Morgan fingerprint density at radius 1 is 1.50 bits per heavy atom. The van der Waals surface area contributed by atoms with E-state index in [1.54, 1.807) is 14.0 Å². The van der Waals surface area contributed by atoms with E-state index in [1.807, 2.05) is 18.9 Å². The maximum atomic E-state index is 12.9. The van der Waals surface area contributed by atoms with Gasteiger partial charge in [0.25, 0.3) is 0 Å². The van der Waals surface area contributed by atoms with Crippen molar-refractivity contribution in [3.63, 3.8) is 0 Å². The third-order valence-electron chi connectivity index (χ3n) is 3.36. The third-order valence-corrected chi connectivity index (χ3v) is 3.36. The topological polar surface area (TPSA) is 67.6 Å². The summed E-state index contributed by atoms with van der Waals surface area (Å²) < 4.78 is 18.0. The Kier molecular flexibility index (Phi) is 5.91. The molecule has 0 bridgehead atoms. The summed E-state index contributed by atoms with van der Waals surface area (Å²) in [5.41, 5.74) is 6.28. The zero-order valence-corrected chi connectivity index (χ0v) is 12.3. The lowest BCUT2D eigenvalue weighted by atomic mass is 10.2. The van der Waals surface area contributed by atoms with Gasteiger partial charge in [0.05, 0.1) is 24.0 Å². The van der Waals surface area contributed by atoms with Crippen LogP contribution in [0.4, 0.5) is 15.8 Å². The molecule has 20 heavy (non-hydrogen) atoms. The number of halogens is 1. The lowest BCUT2D eigenvalue weighted by Gasteiger charge is -2.29. The molecule has 0 aliphatic rings. The molecular formula is C14H22FN3O2. The molecule has 0 saturated carbocycles. The van der Waals surface area contributed by atoms with Gasteiger partial charge in [-0.15, -0.1) is 0 Å². The number of nitrogens with two attached hydrogens (primary N) is 1. The first kappa shape index (κ1) is 16.4. The molecule has 5 nitrogen and oxygen atoms in total. The molecule has 1 amide bonds. The van der Waals surface area contributed by atoms with Gasteiger partial charge in [0, 0.05) is 13.2 Å². The van der Waals surface area contributed by atoms with Gasteiger partial charge in [-0.2, -0.15) is 0 Å². The smallest absolute Gasteiger partial charge is 0.241 e. The molecule has 0 radical (unpaired) electrons. The molecule has 0 saturated heterocycles. The average Bonchev–Trinajstić information content (AvgIpc) is 2.40. The highest BCUT2D eigenvalue weighted by Gasteiger charge is 2.22. The predicted octanol–water partition coefficient (Wildman–Crippen LogP) is 1.70. The highest BCUT2D eigenvalue weighted by molar-refractivity contribution is 5.97. The van der Waals surface area contributed by atoms with E-state index in [2.05, 4.69) is 5.32 Å². The lowest BCUT2D eigenvalue weighted by molar-refractivity contribution is -0.121. The van der Waals surface area contributed by atoms with Crippen LogP contribution in [0.15, 0.2) is 18.2 Å². The van der Waals surface area contributed by atoms with Gasteiger partial charge >= 0.3 is 0 Å². The van der Waals surface area contributed by atoms with Crippen LogP contribution in [0.5, 0.6) is 0 Å². The Balaban J connectivity index is 2.70. The number of hydrogen-bond acceptors (Lipinski definition) is 4. The van der Waals surface area contributed by atoms with E-state index in [1.165, 1.54) is 18.2 Å². The highest BCUT2D eigenvalue weighted by atomic mass is 19.1. The Morgan fingerprint density at radius 2 is 2.15 bits per heavy atom. The zero-order chi connectivity index (χ0) is 15.3. The van der Waals surface area contributed by atoms with E-state index < -0.39 is 5.82 Å². The molecule has 0 aromatic heterocycles. The monoisotopic (exact) mass is 283 g/mol. The van der Waals surface area contributed by atoms with Crippen LogP contribution in [0.25, 0.3) is 0 Å². The maximum absolute atomic E-state index is 12.9. The molecule has 2 atom stereocenters. The summed E-state index contributed by atoms with van der Waals surface area (Å²) in [5.74, 6) is -0.631. The minimum Gasteiger partial charge on any atom is -0.397 e. The second-order valence-electron chi connectivity index (χ2n) is 4.87. The molecule has 1 rings (SSSR count). The van der Waals surface area contributed by atoms with Crippen molar-refractivity contribution in [2.45, 2.75) is 25.9 Å². The largest absolute Gasteiger partial charge is 0.397 e. The fourth-order valence-corrected chi connectivity index (χ4v) is 1.81. The van der Waals surface area contributed by atoms with Gasteiger partial charge in [0.15, 0.2) is 0 Å². The molecule has 0 fully saturated rings. The summed E-state index contributed by atoms with van der Waals surface area (Å²) >= 11 is 0. The van der Waals surface area contributed by atoms with Crippen LogP contribution in [0.1, 0.15) is 13.8 Å². The molecule has 0 spiro atoms. The molecule has 6 heteroatoms. The molecule has 0 aliphatic heterocycles. The SMILES string of the molecule is COCC(C)N(C)C(C)C(=O)Nc1ccc(F)cc1N. The van der Waals surface area contributed by atoms with Gasteiger partial charge in [-0.05, 0) is 39.1 Å². The van der Waals surface area contributed by atoms with E-state index in [4.69, 9.17) is 10.5 Å². The molecule has 0 heterocycles. The number of rotatable bonds is 6. The van der Waals surface area contributed by atoms with Gasteiger partial charge in [-0.25, -0.2) is 4.39 Å². The maximum Gasteiger partial charge on any atom is 0.241 e. The number of likely N-dealkylation sites (N-methyl/N-ethyl adjacent to an activating group) is 1. The molecule has 2 unspecified atom stereocenters. The standard InChI is InChI=1S/C14H22FN3O2/c1-9(8-20-4)18(3)10(2)14(19)17-13-6-5-11(15)7-12(13)16/h5-7,9-10H,8,16H2,1-4H3,(H,17,19). The number of anilines is 2. The summed E-state index contributed by atoms with van der Waals surface area (Å²) in [6.07, 6.45) is 0. The number of methoxy groups -OCH3 is 1. The molecule has 3 N–H and O–H groups in total. The van der Waals surface area contributed by atoms with E-state index >= 15 is 0 Å². The van der Waals surface area contributed by atoms with Crippen LogP contribution in [0.3, 0.4) is 0 Å². The molecule has 0 aliphatic carbocycles. The van der Waals surface area contributed by atoms with Crippen LogP contribution in [0.2, 0.25) is 0 Å². The molecule has 1 aromatic rings. The summed E-state index contributed by atoms with van der Waals surface area (Å²) in [6, 6.07) is 3.63. The summed E-state index contributed by atoms with van der Waals surface area (Å²) in [5, 5.41) is 2.70. The Hall–Kier alpha value is -1.66. The van der Waals surface area contributed by atoms with Gasteiger partial charge < -0.3 is 15.8 Å². The number of nitrogens with zero attached hydrogens (tertiary/aromatic N) is 1.